The van der Waals surface area contributed by atoms with Crippen molar-refractivity contribution in [1.29, 1.82) is 0 Å². The van der Waals surface area contributed by atoms with Gasteiger partial charge in [-0.15, -0.1) is 0 Å². The number of methoxy groups -OCH3 is 1. The number of carbonyl (C=O) groups excluding carboxylic acids is 2. The van der Waals surface area contributed by atoms with E-state index in [4.69, 9.17) is 15.2 Å². The number of amides is 1. The van der Waals surface area contributed by atoms with Crippen LogP contribution in [0, 0.1) is 5.92 Å². The van der Waals surface area contributed by atoms with E-state index < -0.39 is 5.97 Å². The van der Waals surface area contributed by atoms with Crippen LogP contribution in [0.4, 0.5) is 0 Å². The molecule has 6 nitrogen and oxygen atoms in total. The smallest absolute Gasteiger partial charge is 0.325 e. The van der Waals surface area contributed by atoms with E-state index in [1.54, 1.807) is 14.0 Å². The number of carbonyl (C=O) groups is 2. The van der Waals surface area contributed by atoms with Gasteiger partial charge in [-0.1, -0.05) is 13.3 Å². The lowest BCUT2D eigenvalue weighted by molar-refractivity contribution is -0.150. The van der Waals surface area contributed by atoms with Crippen LogP contribution in [0.15, 0.2) is 0 Å². The third-order valence-electron chi connectivity index (χ3n) is 2.77. The molecule has 0 aliphatic carbocycles. The van der Waals surface area contributed by atoms with E-state index in [0.29, 0.717) is 26.3 Å². The molecule has 1 unspecified atom stereocenters. The van der Waals surface area contributed by atoms with Crippen LogP contribution in [-0.2, 0) is 19.1 Å². The van der Waals surface area contributed by atoms with Crippen molar-refractivity contribution in [3.05, 3.63) is 0 Å². The fourth-order valence-corrected chi connectivity index (χ4v) is 1.78. The monoisotopic (exact) mass is 274 g/mol. The second-order valence-electron chi connectivity index (χ2n) is 4.28. The molecule has 0 radical (unpaired) electrons. The Bertz CT molecular complexity index is 271. The molecule has 0 saturated heterocycles. The maximum absolute atomic E-state index is 12.3. The topological polar surface area (TPSA) is 81.9 Å². The highest BCUT2D eigenvalue weighted by Gasteiger charge is 2.24. The standard InChI is InChI=1S/C13H26N2O4/c1-4-6-11(9-14)13(17)15(7-8-18-3)10-12(16)19-5-2/h11H,4-10,14H2,1-3H3. The summed E-state index contributed by atoms with van der Waals surface area (Å²) in [6.45, 7) is 5.04. The quantitative estimate of drug-likeness (QED) is 0.583. The summed E-state index contributed by atoms with van der Waals surface area (Å²) in [6, 6.07) is 0. The lowest BCUT2D eigenvalue weighted by Gasteiger charge is -2.25. The van der Waals surface area contributed by atoms with Crippen LogP contribution in [0.2, 0.25) is 0 Å². The predicted molar refractivity (Wildman–Crippen MR) is 72.5 cm³/mol. The lowest BCUT2D eigenvalue weighted by atomic mass is 10.0. The highest BCUT2D eigenvalue weighted by atomic mass is 16.5. The summed E-state index contributed by atoms with van der Waals surface area (Å²) in [5.74, 6) is -0.745. The van der Waals surface area contributed by atoms with Crippen molar-refractivity contribution < 1.29 is 19.1 Å². The molecule has 0 aromatic heterocycles. The van der Waals surface area contributed by atoms with E-state index in [9.17, 15) is 9.59 Å². The average molecular weight is 274 g/mol. The van der Waals surface area contributed by atoms with Crippen molar-refractivity contribution in [2.24, 2.45) is 11.7 Å². The Hall–Kier alpha value is -1.14. The molecule has 1 atom stereocenters. The Balaban J connectivity index is 4.61. The molecular formula is C13H26N2O4. The first-order valence-electron chi connectivity index (χ1n) is 6.74. The summed E-state index contributed by atoms with van der Waals surface area (Å²) in [5.41, 5.74) is 5.62. The van der Waals surface area contributed by atoms with Crippen molar-refractivity contribution in [2.45, 2.75) is 26.7 Å². The SMILES string of the molecule is CCCC(CN)C(=O)N(CCOC)CC(=O)OCC. The fraction of sp³-hybridized carbons (Fsp3) is 0.846. The third-order valence-corrected chi connectivity index (χ3v) is 2.77. The van der Waals surface area contributed by atoms with Crippen LogP contribution in [0.5, 0.6) is 0 Å². The summed E-state index contributed by atoms with van der Waals surface area (Å²) in [4.78, 5) is 25.3. The molecule has 0 bridgehead atoms. The van der Waals surface area contributed by atoms with Crippen LogP contribution in [0.1, 0.15) is 26.7 Å². The zero-order chi connectivity index (χ0) is 14.7. The average Bonchev–Trinajstić information content (AvgIpc) is 2.40. The Morgan fingerprint density at radius 3 is 2.47 bits per heavy atom. The molecule has 112 valence electrons. The fourth-order valence-electron chi connectivity index (χ4n) is 1.78. The molecule has 0 saturated carbocycles. The maximum Gasteiger partial charge on any atom is 0.325 e. The van der Waals surface area contributed by atoms with Gasteiger partial charge in [0.15, 0.2) is 0 Å². The number of rotatable bonds is 10. The summed E-state index contributed by atoms with van der Waals surface area (Å²) in [6.07, 6.45) is 1.60. The second-order valence-corrected chi connectivity index (χ2v) is 4.28. The van der Waals surface area contributed by atoms with Crippen molar-refractivity contribution in [3.63, 3.8) is 0 Å². The Morgan fingerprint density at radius 2 is 2.00 bits per heavy atom. The van der Waals surface area contributed by atoms with Gasteiger partial charge in [-0.3, -0.25) is 9.59 Å². The molecule has 0 spiro atoms. The van der Waals surface area contributed by atoms with Crippen LogP contribution in [0.25, 0.3) is 0 Å². The minimum Gasteiger partial charge on any atom is -0.465 e. The summed E-state index contributed by atoms with van der Waals surface area (Å²) in [7, 11) is 1.56. The molecule has 2 N–H and O–H groups in total. The van der Waals surface area contributed by atoms with E-state index in [2.05, 4.69) is 0 Å². The first kappa shape index (κ1) is 17.9. The van der Waals surface area contributed by atoms with Crippen molar-refractivity contribution in [3.8, 4) is 0 Å². The van der Waals surface area contributed by atoms with Gasteiger partial charge in [0.05, 0.1) is 19.1 Å². The van der Waals surface area contributed by atoms with Gasteiger partial charge in [-0.2, -0.15) is 0 Å². The molecule has 6 heteroatoms. The van der Waals surface area contributed by atoms with Crippen molar-refractivity contribution >= 4 is 11.9 Å². The minimum absolute atomic E-state index is 0.0454. The predicted octanol–water partition coefficient (Wildman–Crippen LogP) is 0.400. The van der Waals surface area contributed by atoms with E-state index in [-0.39, 0.29) is 18.4 Å². The third kappa shape index (κ3) is 7.12. The molecule has 19 heavy (non-hydrogen) atoms. The number of nitrogens with zero attached hydrogens (tertiary/aromatic N) is 1. The van der Waals surface area contributed by atoms with Gasteiger partial charge in [0.25, 0.3) is 0 Å². The van der Waals surface area contributed by atoms with Gasteiger partial charge in [0.2, 0.25) is 5.91 Å². The Morgan fingerprint density at radius 1 is 1.32 bits per heavy atom. The Kier molecular flexibility index (Phi) is 10.1. The number of hydrogen-bond donors (Lipinski definition) is 1. The summed E-state index contributed by atoms with van der Waals surface area (Å²) >= 11 is 0. The maximum atomic E-state index is 12.3. The number of esters is 1. The highest BCUT2D eigenvalue weighted by Crippen LogP contribution is 2.09. The van der Waals surface area contributed by atoms with Crippen molar-refractivity contribution in [2.75, 3.05) is 40.0 Å². The van der Waals surface area contributed by atoms with Crippen molar-refractivity contribution in [1.82, 2.24) is 4.90 Å². The van der Waals surface area contributed by atoms with Gasteiger partial charge < -0.3 is 20.1 Å². The Labute approximate surface area is 115 Å². The molecule has 0 fully saturated rings. The van der Waals surface area contributed by atoms with Crippen LogP contribution >= 0.6 is 0 Å². The van der Waals surface area contributed by atoms with Crippen LogP contribution < -0.4 is 5.73 Å². The second kappa shape index (κ2) is 10.8. The zero-order valence-corrected chi connectivity index (χ0v) is 12.2. The molecule has 1 amide bonds. The van der Waals surface area contributed by atoms with Crippen LogP contribution in [-0.4, -0.2) is 56.7 Å². The number of nitrogens with two attached hydrogens (primary N) is 1. The molecule has 0 aromatic rings. The molecular weight excluding hydrogens is 248 g/mol. The molecule has 0 heterocycles. The van der Waals surface area contributed by atoms with E-state index in [0.717, 1.165) is 12.8 Å². The van der Waals surface area contributed by atoms with Gasteiger partial charge in [-0.25, -0.2) is 0 Å². The van der Waals surface area contributed by atoms with E-state index in [1.807, 2.05) is 6.92 Å². The van der Waals surface area contributed by atoms with E-state index in [1.165, 1.54) is 4.90 Å². The first-order valence-corrected chi connectivity index (χ1v) is 6.74. The van der Waals surface area contributed by atoms with Crippen LogP contribution in [0.3, 0.4) is 0 Å². The summed E-state index contributed by atoms with van der Waals surface area (Å²) in [5, 5.41) is 0. The largest absolute Gasteiger partial charge is 0.465 e. The number of ether oxygens (including phenoxy) is 2. The zero-order valence-electron chi connectivity index (χ0n) is 12.2. The molecule has 0 rings (SSSR count). The molecule has 0 aliphatic heterocycles. The normalized spacial score (nSPS) is 12.0. The molecule has 0 aromatic carbocycles. The van der Waals surface area contributed by atoms with Gasteiger partial charge in [0.1, 0.15) is 6.54 Å². The highest BCUT2D eigenvalue weighted by molar-refractivity contribution is 5.83. The lowest BCUT2D eigenvalue weighted by Crippen LogP contribution is -2.43. The summed E-state index contributed by atoms with van der Waals surface area (Å²) < 4.78 is 9.83. The first-order chi connectivity index (χ1) is 9.10. The molecule has 0 aliphatic rings. The van der Waals surface area contributed by atoms with Gasteiger partial charge >= 0.3 is 5.97 Å². The van der Waals surface area contributed by atoms with E-state index >= 15 is 0 Å². The minimum atomic E-state index is -0.403. The van der Waals surface area contributed by atoms with Gasteiger partial charge in [-0.05, 0) is 13.3 Å². The number of hydrogen-bond acceptors (Lipinski definition) is 5. The van der Waals surface area contributed by atoms with Gasteiger partial charge in [0, 0.05) is 20.2 Å².